The van der Waals surface area contributed by atoms with E-state index >= 15 is 0 Å². The van der Waals surface area contributed by atoms with Gasteiger partial charge in [0.05, 0.1) is 0 Å². The van der Waals surface area contributed by atoms with Gasteiger partial charge >= 0.3 is 0 Å². The predicted molar refractivity (Wildman–Crippen MR) is 147 cm³/mol. The van der Waals surface area contributed by atoms with Crippen molar-refractivity contribution in [2.45, 2.75) is 0 Å². The number of hydrogen-bond donors (Lipinski definition) is 4. The number of benzene rings is 6. The summed E-state index contributed by atoms with van der Waals surface area (Å²) in [7, 11) is 0. The second-order valence-corrected chi connectivity index (χ2v) is 8.84. The quantitative estimate of drug-likeness (QED) is 0.144. The SMILES string of the molecule is Oc1ccccc1-c1cc(O)c2ccccc2c1OOc1c(-c2ccccc2O)cc(O)c2ccccc12. The Morgan fingerprint density at radius 3 is 1.08 bits per heavy atom. The molecule has 186 valence electrons. The Bertz CT molecular complexity index is 1690. The number of phenols is 4. The molecular weight excluding hydrogens is 480 g/mol. The molecule has 0 amide bonds. The summed E-state index contributed by atoms with van der Waals surface area (Å²) in [6, 6.07) is 30.9. The van der Waals surface area contributed by atoms with Crippen LogP contribution in [0.1, 0.15) is 0 Å². The van der Waals surface area contributed by atoms with E-state index in [1.807, 2.05) is 12.1 Å². The van der Waals surface area contributed by atoms with Crippen molar-refractivity contribution in [1.29, 1.82) is 0 Å². The summed E-state index contributed by atoms with van der Waals surface area (Å²) in [5, 5.41) is 45.0. The predicted octanol–water partition coefficient (Wildman–Crippen LogP) is 7.52. The lowest BCUT2D eigenvalue weighted by Crippen LogP contribution is -2.05. The minimum Gasteiger partial charge on any atom is -0.507 e. The highest BCUT2D eigenvalue weighted by molar-refractivity contribution is 6.01. The van der Waals surface area contributed by atoms with Crippen LogP contribution in [0.15, 0.2) is 109 Å². The first-order valence-electron chi connectivity index (χ1n) is 11.9. The molecule has 6 rings (SSSR count). The van der Waals surface area contributed by atoms with Crippen LogP contribution >= 0.6 is 0 Å². The number of phenolic OH excluding ortho intramolecular Hbond substituents is 4. The van der Waals surface area contributed by atoms with Crippen LogP contribution in [0.2, 0.25) is 0 Å². The van der Waals surface area contributed by atoms with Gasteiger partial charge in [-0.1, -0.05) is 84.9 Å². The second kappa shape index (κ2) is 9.26. The van der Waals surface area contributed by atoms with Crippen LogP contribution in [-0.4, -0.2) is 20.4 Å². The minimum atomic E-state index is 0.0111. The monoisotopic (exact) mass is 502 g/mol. The molecule has 6 heteroatoms. The standard InChI is InChI=1S/C32H22O6/c33-27-15-7-5-11-21(27)25-17-29(35)19-9-1-3-13-23(19)31(25)37-38-32-24-14-4-2-10-20(24)30(36)18-26(32)22-12-6-8-16-28(22)34/h1-18,33-36H. The molecule has 0 aliphatic rings. The summed E-state index contributed by atoms with van der Waals surface area (Å²) in [6.45, 7) is 0. The molecule has 0 unspecified atom stereocenters. The zero-order valence-corrected chi connectivity index (χ0v) is 20.0. The van der Waals surface area contributed by atoms with Crippen molar-refractivity contribution in [3.05, 3.63) is 109 Å². The Kier molecular flexibility index (Phi) is 5.62. The van der Waals surface area contributed by atoms with E-state index < -0.39 is 0 Å². The van der Waals surface area contributed by atoms with Crippen LogP contribution in [0.4, 0.5) is 0 Å². The van der Waals surface area contributed by atoms with E-state index in [9.17, 15) is 20.4 Å². The van der Waals surface area contributed by atoms with Crippen molar-refractivity contribution < 1.29 is 30.2 Å². The molecule has 6 aromatic carbocycles. The lowest BCUT2D eigenvalue weighted by molar-refractivity contribution is -0.0957. The molecule has 0 radical (unpaired) electrons. The number of fused-ring (bicyclic) bond motifs is 2. The van der Waals surface area contributed by atoms with E-state index in [4.69, 9.17) is 9.78 Å². The van der Waals surface area contributed by atoms with Gasteiger partial charge in [0.25, 0.3) is 0 Å². The Balaban J connectivity index is 1.57. The summed E-state index contributed by atoms with van der Waals surface area (Å²) >= 11 is 0. The van der Waals surface area contributed by atoms with Gasteiger partial charge in [-0.15, -0.1) is 0 Å². The number of rotatable bonds is 5. The zero-order chi connectivity index (χ0) is 26.2. The second-order valence-electron chi connectivity index (χ2n) is 8.84. The van der Waals surface area contributed by atoms with E-state index in [0.29, 0.717) is 43.8 Å². The summed E-state index contributed by atoms with van der Waals surface area (Å²) < 4.78 is 0. The van der Waals surface area contributed by atoms with Gasteiger partial charge in [-0.2, -0.15) is 0 Å². The molecule has 0 atom stereocenters. The molecule has 0 fully saturated rings. The fraction of sp³-hybridized carbons (Fsp3) is 0. The normalized spacial score (nSPS) is 11.1. The van der Waals surface area contributed by atoms with Crippen molar-refractivity contribution in [2.24, 2.45) is 0 Å². The Labute approximate surface area is 217 Å². The van der Waals surface area contributed by atoms with Gasteiger partial charge in [0, 0.05) is 43.8 Å². The van der Waals surface area contributed by atoms with Gasteiger partial charge in [-0.25, -0.2) is 0 Å². The smallest absolute Gasteiger partial charge is 0.194 e. The Hall–Kier alpha value is -5.36. The van der Waals surface area contributed by atoms with Crippen molar-refractivity contribution in [2.75, 3.05) is 0 Å². The maximum Gasteiger partial charge on any atom is 0.194 e. The minimum absolute atomic E-state index is 0.0111. The summed E-state index contributed by atoms with van der Waals surface area (Å²) in [6.07, 6.45) is 0. The molecule has 0 heterocycles. The molecule has 0 aromatic heterocycles. The Morgan fingerprint density at radius 1 is 0.342 bits per heavy atom. The van der Waals surface area contributed by atoms with Crippen LogP contribution in [0, 0.1) is 0 Å². The third-order valence-electron chi connectivity index (χ3n) is 6.54. The highest BCUT2D eigenvalue weighted by Gasteiger charge is 2.22. The fourth-order valence-corrected chi connectivity index (χ4v) is 4.72. The average molecular weight is 503 g/mol. The molecule has 38 heavy (non-hydrogen) atoms. The van der Waals surface area contributed by atoms with E-state index in [-0.39, 0.29) is 34.5 Å². The van der Waals surface area contributed by atoms with Crippen LogP contribution in [0.25, 0.3) is 43.8 Å². The van der Waals surface area contributed by atoms with Crippen LogP contribution in [-0.2, 0) is 0 Å². The molecule has 6 aromatic rings. The summed E-state index contributed by atoms with van der Waals surface area (Å²) in [4.78, 5) is 12.1. The molecule has 0 aliphatic heterocycles. The molecular formula is C32H22O6. The lowest BCUT2D eigenvalue weighted by atomic mass is 9.98. The van der Waals surface area contributed by atoms with Gasteiger partial charge < -0.3 is 20.4 Å². The number of aromatic hydroxyl groups is 4. The van der Waals surface area contributed by atoms with Gasteiger partial charge in [0.2, 0.25) is 0 Å². The fourth-order valence-electron chi connectivity index (χ4n) is 4.72. The third-order valence-corrected chi connectivity index (χ3v) is 6.54. The van der Waals surface area contributed by atoms with E-state index in [2.05, 4.69) is 0 Å². The van der Waals surface area contributed by atoms with E-state index in [1.54, 1.807) is 84.9 Å². The molecule has 0 spiro atoms. The van der Waals surface area contributed by atoms with Crippen molar-refractivity contribution in [1.82, 2.24) is 0 Å². The van der Waals surface area contributed by atoms with Gasteiger partial charge in [0.15, 0.2) is 11.5 Å². The highest BCUT2D eigenvalue weighted by Crippen LogP contribution is 2.47. The summed E-state index contributed by atoms with van der Waals surface area (Å²) in [5.41, 5.74) is 1.74. The molecule has 0 saturated carbocycles. The highest BCUT2D eigenvalue weighted by atomic mass is 17.2. The summed E-state index contributed by atoms with van der Waals surface area (Å²) in [5.74, 6) is 0.627. The third kappa shape index (κ3) is 3.85. The number of hydrogen-bond acceptors (Lipinski definition) is 6. The molecule has 0 bridgehead atoms. The maximum atomic E-state index is 10.8. The van der Waals surface area contributed by atoms with E-state index in [0.717, 1.165) is 0 Å². The van der Waals surface area contributed by atoms with Crippen molar-refractivity contribution in [3.63, 3.8) is 0 Å². The molecule has 6 nitrogen and oxygen atoms in total. The molecule has 0 aliphatic carbocycles. The van der Waals surface area contributed by atoms with Gasteiger partial charge in [0.1, 0.15) is 23.0 Å². The maximum absolute atomic E-state index is 10.8. The first-order chi connectivity index (χ1) is 18.5. The first-order valence-corrected chi connectivity index (χ1v) is 11.9. The van der Waals surface area contributed by atoms with Crippen molar-refractivity contribution >= 4 is 21.5 Å². The molecule has 0 saturated heterocycles. The lowest BCUT2D eigenvalue weighted by Gasteiger charge is -2.18. The molecule has 4 N–H and O–H groups in total. The largest absolute Gasteiger partial charge is 0.507 e. The number of para-hydroxylation sites is 2. The average Bonchev–Trinajstić information content (AvgIpc) is 2.94. The Morgan fingerprint density at radius 2 is 0.684 bits per heavy atom. The van der Waals surface area contributed by atoms with E-state index in [1.165, 1.54) is 12.1 Å². The van der Waals surface area contributed by atoms with Crippen LogP contribution in [0.5, 0.6) is 34.5 Å². The van der Waals surface area contributed by atoms with Gasteiger partial charge in [-0.05, 0) is 24.3 Å². The van der Waals surface area contributed by atoms with Crippen LogP contribution in [0.3, 0.4) is 0 Å². The van der Waals surface area contributed by atoms with Gasteiger partial charge in [-0.3, -0.25) is 9.78 Å². The van der Waals surface area contributed by atoms with Crippen LogP contribution < -0.4 is 9.78 Å². The van der Waals surface area contributed by atoms with Crippen molar-refractivity contribution in [3.8, 4) is 56.8 Å². The topological polar surface area (TPSA) is 99.4 Å². The first kappa shape index (κ1) is 23.1. The zero-order valence-electron chi connectivity index (χ0n) is 20.0.